The van der Waals surface area contributed by atoms with E-state index in [0.29, 0.717) is 21.7 Å². The second-order valence-corrected chi connectivity index (χ2v) is 8.37. The third-order valence-electron chi connectivity index (χ3n) is 4.73. The van der Waals surface area contributed by atoms with Crippen LogP contribution in [0.15, 0.2) is 29.2 Å². The summed E-state index contributed by atoms with van der Waals surface area (Å²) in [6.07, 6.45) is 4.05. The molecule has 4 nitrogen and oxygen atoms in total. The van der Waals surface area contributed by atoms with Crippen molar-refractivity contribution in [1.29, 1.82) is 0 Å². The Kier molecular flexibility index (Phi) is 6.09. The Morgan fingerprint density at radius 3 is 2.62 bits per heavy atom. The smallest absolute Gasteiger partial charge is 0.266 e. The number of nitrogens with zero attached hydrogens (tertiary/aromatic N) is 2. The van der Waals surface area contributed by atoms with E-state index in [2.05, 4.69) is 6.92 Å². The summed E-state index contributed by atoms with van der Waals surface area (Å²) in [5.41, 5.74) is 0.741. The predicted octanol–water partition coefficient (Wildman–Crippen LogP) is 3.68. The number of thiocarbonyl (C=S) groups is 1. The molecule has 0 aliphatic carbocycles. The van der Waals surface area contributed by atoms with Crippen LogP contribution in [0.3, 0.4) is 0 Å². The molecule has 0 aromatic heterocycles. The summed E-state index contributed by atoms with van der Waals surface area (Å²) in [6.45, 7) is 4.09. The van der Waals surface area contributed by atoms with Gasteiger partial charge in [0, 0.05) is 26.1 Å². The maximum Gasteiger partial charge on any atom is 0.266 e. The highest BCUT2D eigenvalue weighted by Gasteiger charge is 2.32. The van der Waals surface area contributed by atoms with Gasteiger partial charge in [0.1, 0.15) is 10.1 Å². The molecule has 2 aliphatic heterocycles. The first kappa shape index (κ1) is 19.0. The lowest BCUT2D eigenvalue weighted by molar-refractivity contribution is -0.133. The highest BCUT2D eigenvalue weighted by Crippen LogP contribution is 2.32. The van der Waals surface area contributed by atoms with Crippen molar-refractivity contribution in [3.63, 3.8) is 0 Å². The lowest BCUT2D eigenvalue weighted by atomic mass is 9.99. The Balaban J connectivity index is 1.59. The van der Waals surface area contributed by atoms with Gasteiger partial charge in [0.2, 0.25) is 5.91 Å². The van der Waals surface area contributed by atoms with Crippen molar-refractivity contribution in [3.05, 3.63) is 40.6 Å². The van der Waals surface area contributed by atoms with Crippen molar-refractivity contribution in [1.82, 2.24) is 9.80 Å². The number of benzene rings is 1. The van der Waals surface area contributed by atoms with E-state index in [-0.39, 0.29) is 24.1 Å². The van der Waals surface area contributed by atoms with Gasteiger partial charge in [-0.3, -0.25) is 14.5 Å². The van der Waals surface area contributed by atoms with Gasteiger partial charge in [0.15, 0.2) is 0 Å². The number of likely N-dealkylation sites (tertiary alicyclic amines) is 1. The van der Waals surface area contributed by atoms with Crippen LogP contribution < -0.4 is 0 Å². The summed E-state index contributed by atoms with van der Waals surface area (Å²) in [4.78, 5) is 28.8. The number of thioether (sulfide) groups is 1. The minimum Gasteiger partial charge on any atom is -0.343 e. The minimum atomic E-state index is -0.319. The molecule has 26 heavy (non-hydrogen) atoms. The zero-order valence-electron chi connectivity index (χ0n) is 14.6. The van der Waals surface area contributed by atoms with Gasteiger partial charge in [0.05, 0.1) is 4.91 Å². The molecule has 138 valence electrons. The maximum absolute atomic E-state index is 13.0. The van der Waals surface area contributed by atoms with Gasteiger partial charge in [-0.1, -0.05) is 43.0 Å². The molecular formula is C19H21FN2O2S2. The van der Waals surface area contributed by atoms with Crippen LogP contribution in [0.1, 0.15) is 31.7 Å². The van der Waals surface area contributed by atoms with Crippen molar-refractivity contribution in [2.24, 2.45) is 5.92 Å². The van der Waals surface area contributed by atoms with Crippen LogP contribution in [0.4, 0.5) is 4.39 Å². The average molecular weight is 393 g/mol. The highest BCUT2D eigenvalue weighted by atomic mass is 32.2. The average Bonchev–Trinajstić information content (AvgIpc) is 2.89. The molecule has 2 amide bonds. The van der Waals surface area contributed by atoms with Crippen LogP contribution in [-0.4, -0.2) is 45.6 Å². The van der Waals surface area contributed by atoms with E-state index in [9.17, 15) is 14.0 Å². The number of rotatable bonds is 4. The lowest BCUT2D eigenvalue weighted by Gasteiger charge is -2.30. The molecular weight excluding hydrogens is 371 g/mol. The fourth-order valence-electron chi connectivity index (χ4n) is 3.03. The zero-order valence-corrected chi connectivity index (χ0v) is 16.2. The van der Waals surface area contributed by atoms with E-state index in [1.165, 1.54) is 28.8 Å². The molecule has 2 heterocycles. The van der Waals surface area contributed by atoms with Crippen LogP contribution in [0.5, 0.6) is 0 Å². The van der Waals surface area contributed by atoms with E-state index in [4.69, 9.17) is 12.2 Å². The number of hydrogen-bond acceptors (Lipinski definition) is 4. The van der Waals surface area contributed by atoms with Gasteiger partial charge >= 0.3 is 0 Å². The van der Waals surface area contributed by atoms with Crippen molar-refractivity contribution in [2.45, 2.75) is 26.2 Å². The van der Waals surface area contributed by atoms with Gasteiger partial charge in [-0.2, -0.15) is 0 Å². The van der Waals surface area contributed by atoms with Crippen LogP contribution in [0.25, 0.3) is 6.08 Å². The predicted molar refractivity (Wildman–Crippen MR) is 106 cm³/mol. The first-order chi connectivity index (χ1) is 12.4. The molecule has 2 fully saturated rings. The molecule has 1 aromatic rings. The summed E-state index contributed by atoms with van der Waals surface area (Å²) in [5, 5.41) is 0. The number of halogens is 1. The molecule has 0 N–H and O–H groups in total. The van der Waals surface area contributed by atoms with Crippen molar-refractivity contribution >= 4 is 46.2 Å². The van der Waals surface area contributed by atoms with Crippen molar-refractivity contribution < 1.29 is 14.0 Å². The first-order valence-corrected chi connectivity index (χ1v) is 9.95. The van der Waals surface area contributed by atoms with Gasteiger partial charge in [-0.15, -0.1) is 0 Å². The van der Waals surface area contributed by atoms with Crippen molar-refractivity contribution in [3.8, 4) is 0 Å². The molecule has 0 bridgehead atoms. The molecule has 7 heteroatoms. The first-order valence-electron chi connectivity index (χ1n) is 8.73. The molecule has 0 saturated carbocycles. The van der Waals surface area contributed by atoms with Crippen LogP contribution in [0, 0.1) is 11.7 Å². The largest absolute Gasteiger partial charge is 0.343 e. The molecule has 3 rings (SSSR count). The third kappa shape index (κ3) is 4.51. The van der Waals surface area contributed by atoms with E-state index >= 15 is 0 Å². The Bertz CT molecular complexity index is 740. The summed E-state index contributed by atoms with van der Waals surface area (Å²) in [7, 11) is 0. The fourth-order valence-corrected chi connectivity index (χ4v) is 4.34. The fraction of sp³-hybridized carbons (Fsp3) is 0.421. The topological polar surface area (TPSA) is 40.6 Å². The van der Waals surface area contributed by atoms with Crippen molar-refractivity contribution in [2.75, 3.05) is 19.6 Å². The molecule has 0 spiro atoms. The third-order valence-corrected chi connectivity index (χ3v) is 6.10. The molecule has 2 saturated heterocycles. The number of amides is 2. The van der Waals surface area contributed by atoms with E-state index in [1.807, 2.05) is 4.90 Å². The maximum atomic E-state index is 13.0. The van der Waals surface area contributed by atoms with Crippen LogP contribution >= 0.6 is 24.0 Å². The summed E-state index contributed by atoms with van der Waals surface area (Å²) in [6, 6.07) is 5.93. The molecule has 1 aromatic carbocycles. The summed E-state index contributed by atoms with van der Waals surface area (Å²) < 4.78 is 13.5. The lowest BCUT2D eigenvalue weighted by Crippen LogP contribution is -2.40. The van der Waals surface area contributed by atoms with Gasteiger partial charge in [-0.25, -0.2) is 4.39 Å². The molecule has 2 aliphatic rings. The summed E-state index contributed by atoms with van der Waals surface area (Å²) in [5.74, 6) is 0.237. The quantitative estimate of drug-likeness (QED) is 0.579. The van der Waals surface area contributed by atoms with Gasteiger partial charge < -0.3 is 4.90 Å². The number of hydrogen-bond donors (Lipinski definition) is 0. The van der Waals surface area contributed by atoms with E-state index in [1.54, 1.807) is 18.2 Å². The molecule has 0 radical (unpaired) electrons. The summed E-state index contributed by atoms with van der Waals surface area (Å²) >= 11 is 6.52. The number of piperidine rings is 1. The normalized spacial score (nSPS) is 20.3. The van der Waals surface area contributed by atoms with Gasteiger partial charge in [-0.05, 0) is 42.5 Å². The highest BCUT2D eigenvalue weighted by molar-refractivity contribution is 8.26. The second-order valence-electron chi connectivity index (χ2n) is 6.70. The van der Waals surface area contributed by atoms with E-state index < -0.39 is 0 Å². The zero-order chi connectivity index (χ0) is 18.7. The Hall–Kier alpha value is -1.73. The molecule has 0 unspecified atom stereocenters. The second kappa shape index (κ2) is 8.31. The van der Waals surface area contributed by atoms with Crippen LogP contribution in [-0.2, 0) is 9.59 Å². The minimum absolute atomic E-state index is 0.0773. The number of carbonyl (C=O) groups is 2. The molecule has 0 atom stereocenters. The monoisotopic (exact) mass is 392 g/mol. The number of carbonyl (C=O) groups excluding carboxylic acids is 2. The van der Waals surface area contributed by atoms with Crippen LogP contribution in [0.2, 0.25) is 0 Å². The SMILES string of the molecule is CC1CCN(C(=O)CCN2C(=O)/C(=C/c3ccc(F)cc3)SC2=S)CC1. The van der Waals surface area contributed by atoms with E-state index in [0.717, 1.165) is 31.5 Å². The Morgan fingerprint density at radius 2 is 1.96 bits per heavy atom. The Morgan fingerprint density at radius 1 is 1.31 bits per heavy atom. The standard InChI is InChI=1S/C19H21FN2O2S2/c1-13-6-9-21(10-7-13)17(23)8-11-22-18(24)16(26-19(22)25)12-14-2-4-15(20)5-3-14/h2-5,12-13H,6-11H2,1H3/b16-12-. The van der Waals surface area contributed by atoms with Gasteiger partial charge in [0.25, 0.3) is 5.91 Å². The Labute approximate surface area is 162 Å².